The first-order valence-electron chi connectivity index (χ1n) is 6.13. The van der Waals surface area contributed by atoms with Gasteiger partial charge in [0.1, 0.15) is 0 Å². The van der Waals surface area contributed by atoms with Gasteiger partial charge in [0.05, 0.1) is 11.1 Å². The number of nitrogens with one attached hydrogen (secondary N) is 1. The van der Waals surface area contributed by atoms with E-state index in [4.69, 9.17) is 5.11 Å². The van der Waals surface area contributed by atoms with Crippen molar-refractivity contribution in [1.29, 1.82) is 0 Å². The van der Waals surface area contributed by atoms with Crippen LogP contribution in [-0.2, 0) is 0 Å². The van der Waals surface area contributed by atoms with Crippen LogP contribution in [0.1, 0.15) is 46.4 Å². The van der Waals surface area contributed by atoms with E-state index in [-0.39, 0.29) is 23.1 Å². The summed E-state index contributed by atoms with van der Waals surface area (Å²) < 4.78 is 0. The molecule has 2 N–H and O–H groups in total. The zero-order valence-electron chi connectivity index (χ0n) is 10.1. The van der Waals surface area contributed by atoms with Gasteiger partial charge in [-0.1, -0.05) is 25.0 Å². The van der Waals surface area contributed by atoms with E-state index in [0.717, 1.165) is 25.7 Å². The van der Waals surface area contributed by atoms with Gasteiger partial charge in [0.25, 0.3) is 5.91 Å². The van der Waals surface area contributed by atoms with Gasteiger partial charge in [0, 0.05) is 6.04 Å². The van der Waals surface area contributed by atoms with Gasteiger partial charge in [-0.15, -0.1) is 0 Å². The third-order valence-electron chi connectivity index (χ3n) is 3.15. The Hall–Kier alpha value is -1.84. The molecule has 2 rings (SSSR count). The van der Waals surface area contributed by atoms with Crippen molar-refractivity contribution in [2.24, 2.45) is 0 Å². The maximum absolute atomic E-state index is 12.0. The average molecular weight is 246 g/mol. The molecule has 0 bridgehead atoms. The maximum Gasteiger partial charge on any atom is 0.336 e. The molecule has 1 amide bonds. The van der Waals surface area contributed by atoms with Crippen molar-refractivity contribution in [3.63, 3.8) is 0 Å². The normalized spacial score (nSPS) is 16.2. The number of aromatic carboxylic acids is 1. The van der Waals surface area contributed by atoms with Crippen LogP contribution in [-0.4, -0.2) is 23.0 Å². The summed E-state index contributed by atoms with van der Waals surface area (Å²) in [4.78, 5) is 23.1. The van der Waals surface area contributed by atoms with E-state index in [1.54, 1.807) is 18.2 Å². The molecule has 1 aromatic carbocycles. The van der Waals surface area contributed by atoms with Crippen LogP contribution in [0.2, 0.25) is 0 Å². The second-order valence-corrected chi connectivity index (χ2v) is 4.48. The van der Waals surface area contributed by atoms with Gasteiger partial charge < -0.3 is 10.4 Å². The Morgan fingerprint density at radius 2 is 1.94 bits per heavy atom. The van der Waals surface area contributed by atoms with Crippen molar-refractivity contribution < 1.29 is 14.7 Å². The van der Waals surface area contributed by atoms with Crippen molar-refractivity contribution in [1.82, 2.24) is 5.32 Å². The lowest BCUT2D eigenvalue weighted by Gasteiger charge is -2.22. The number of carboxylic acid groups (broad SMARTS) is 1. The predicted octanol–water partition coefficient (Wildman–Crippen LogP) is 2.26. The molecular weight excluding hydrogens is 230 g/mol. The third-order valence-corrected chi connectivity index (χ3v) is 3.15. The van der Waals surface area contributed by atoms with Gasteiger partial charge in [0.15, 0.2) is 0 Å². The van der Waals surface area contributed by atoms with Crippen LogP contribution < -0.4 is 5.32 Å². The minimum atomic E-state index is -1.07. The SMILES string of the molecule is O=C(O)c1ccccc1C(=O)NC1C[CH]CCC1. The van der Waals surface area contributed by atoms with Gasteiger partial charge in [-0.3, -0.25) is 4.79 Å². The lowest BCUT2D eigenvalue weighted by atomic mass is 9.95. The minimum Gasteiger partial charge on any atom is -0.478 e. The van der Waals surface area contributed by atoms with Crippen LogP contribution in [0.15, 0.2) is 24.3 Å². The van der Waals surface area contributed by atoms with Crippen molar-refractivity contribution in [2.45, 2.75) is 31.7 Å². The number of rotatable bonds is 3. The van der Waals surface area contributed by atoms with Gasteiger partial charge in [-0.2, -0.15) is 0 Å². The third kappa shape index (κ3) is 2.88. The Bertz CT molecular complexity index is 450. The molecule has 0 aliphatic heterocycles. The molecule has 1 atom stereocenters. The van der Waals surface area contributed by atoms with Crippen LogP contribution in [0.25, 0.3) is 0 Å². The molecule has 1 aliphatic rings. The number of hydrogen-bond donors (Lipinski definition) is 2. The summed E-state index contributed by atoms with van der Waals surface area (Å²) in [6.45, 7) is 0. The molecule has 1 unspecified atom stereocenters. The summed E-state index contributed by atoms with van der Waals surface area (Å²) >= 11 is 0. The first-order chi connectivity index (χ1) is 8.68. The van der Waals surface area contributed by atoms with Gasteiger partial charge in [-0.05, 0) is 31.4 Å². The molecular formula is C14H16NO3. The molecule has 18 heavy (non-hydrogen) atoms. The van der Waals surface area contributed by atoms with Crippen molar-refractivity contribution in [3.8, 4) is 0 Å². The zero-order chi connectivity index (χ0) is 13.0. The van der Waals surface area contributed by atoms with Gasteiger partial charge in [-0.25, -0.2) is 4.79 Å². The Morgan fingerprint density at radius 3 is 2.56 bits per heavy atom. The van der Waals surface area contributed by atoms with E-state index in [1.807, 2.05) is 0 Å². The molecule has 4 nitrogen and oxygen atoms in total. The Balaban J connectivity index is 2.10. The summed E-state index contributed by atoms with van der Waals surface area (Å²) in [7, 11) is 0. The van der Waals surface area contributed by atoms with Crippen molar-refractivity contribution >= 4 is 11.9 Å². The predicted molar refractivity (Wildman–Crippen MR) is 67.4 cm³/mol. The van der Waals surface area contributed by atoms with E-state index in [2.05, 4.69) is 11.7 Å². The number of benzene rings is 1. The molecule has 0 spiro atoms. The second kappa shape index (κ2) is 5.67. The Labute approximate surface area is 106 Å². The lowest BCUT2D eigenvalue weighted by molar-refractivity contribution is 0.0690. The molecule has 1 fully saturated rings. The number of hydrogen-bond acceptors (Lipinski definition) is 2. The summed E-state index contributed by atoms with van der Waals surface area (Å²) in [6, 6.07) is 6.42. The molecule has 0 heterocycles. The van der Waals surface area contributed by atoms with Crippen LogP contribution in [0, 0.1) is 6.42 Å². The summed E-state index contributed by atoms with van der Waals surface area (Å²) in [6.07, 6.45) is 6.15. The smallest absolute Gasteiger partial charge is 0.336 e. The summed E-state index contributed by atoms with van der Waals surface area (Å²) in [5.74, 6) is -1.37. The fraction of sp³-hybridized carbons (Fsp3) is 0.357. The standard InChI is InChI=1S/C14H16NO3/c16-13(15-10-6-2-1-3-7-10)11-8-4-5-9-12(11)14(17)18/h2,4-5,8-10H,1,3,6-7H2,(H,15,16)(H,17,18). The van der Waals surface area contributed by atoms with Crippen LogP contribution in [0.5, 0.6) is 0 Å². The Morgan fingerprint density at radius 1 is 1.22 bits per heavy atom. The number of carbonyl (C=O) groups is 2. The topological polar surface area (TPSA) is 66.4 Å². The largest absolute Gasteiger partial charge is 0.478 e. The van der Waals surface area contributed by atoms with E-state index in [9.17, 15) is 9.59 Å². The van der Waals surface area contributed by atoms with E-state index in [0.29, 0.717) is 0 Å². The van der Waals surface area contributed by atoms with E-state index < -0.39 is 5.97 Å². The zero-order valence-corrected chi connectivity index (χ0v) is 10.1. The molecule has 1 aliphatic carbocycles. The fourth-order valence-electron chi connectivity index (χ4n) is 2.21. The molecule has 95 valence electrons. The van der Waals surface area contributed by atoms with Gasteiger partial charge in [0.2, 0.25) is 0 Å². The van der Waals surface area contributed by atoms with Crippen LogP contribution in [0.3, 0.4) is 0 Å². The molecule has 0 saturated heterocycles. The maximum atomic E-state index is 12.0. The molecule has 4 heteroatoms. The van der Waals surface area contributed by atoms with Crippen molar-refractivity contribution in [2.75, 3.05) is 0 Å². The van der Waals surface area contributed by atoms with E-state index >= 15 is 0 Å². The second-order valence-electron chi connectivity index (χ2n) is 4.48. The summed E-state index contributed by atoms with van der Waals surface area (Å²) in [5.41, 5.74) is 0.283. The molecule has 1 aromatic rings. The highest BCUT2D eigenvalue weighted by Crippen LogP contribution is 2.17. The fourth-order valence-corrected chi connectivity index (χ4v) is 2.21. The summed E-state index contributed by atoms with van der Waals surface area (Å²) in [5, 5.41) is 11.9. The highest BCUT2D eigenvalue weighted by Gasteiger charge is 2.20. The number of carboxylic acids is 1. The monoisotopic (exact) mass is 246 g/mol. The quantitative estimate of drug-likeness (QED) is 0.859. The first-order valence-corrected chi connectivity index (χ1v) is 6.13. The number of carbonyl (C=O) groups excluding carboxylic acids is 1. The molecule has 0 aromatic heterocycles. The highest BCUT2D eigenvalue weighted by molar-refractivity contribution is 6.04. The molecule has 1 saturated carbocycles. The van der Waals surface area contributed by atoms with Crippen LogP contribution in [0.4, 0.5) is 0 Å². The first kappa shape index (κ1) is 12.6. The number of amides is 1. The van der Waals surface area contributed by atoms with Crippen molar-refractivity contribution in [3.05, 3.63) is 41.8 Å². The molecule has 1 radical (unpaired) electrons. The minimum absolute atomic E-state index is 0.0507. The Kier molecular flexibility index (Phi) is 3.97. The van der Waals surface area contributed by atoms with E-state index in [1.165, 1.54) is 6.07 Å². The lowest BCUT2D eigenvalue weighted by Crippen LogP contribution is -2.37. The average Bonchev–Trinajstić information content (AvgIpc) is 2.40. The van der Waals surface area contributed by atoms with Gasteiger partial charge >= 0.3 is 5.97 Å². The highest BCUT2D eigenvalue weighted by atomic mass is 16.4. The van der Waals surface area contributed by atoms with Crippen LogP contribution >= 0.6 is 0 Å².